The topological polar surface area (TPSA) is 88.9 Å². The number of nitrogens with zero attached hydrogens (tertiary/aromatic N) is 3. The maximum absolute atomic E-state index is 13.4. The Labute approximate surface area is 208 Å². The van der Waals surface area contributed by atoms with E-state index < -0.39 is 0 Å². The van der Waals surface area contributed by atoms with E-state index in [9.17, 15) is 9.59 Å². The Bertz CT molecular complexity index is 1530. The first-order chi connectivity index (χ1) is 17.6. The van der Waals surface area contributed by atoms with Gasteiger partial charge in [0.1, 0.15) is 0 Å². The number of pyridine rings is 1. The monoisotopic (exact) mass is 475 g/mol. The van der Waals surface area contributed by atoms with Gasteiger partial charge in [0.2, 0.25) is 0 Å². The molecule has 0 radical (unpaired) electrons. The van der Waals surface area contributed by atoms with E-state index in [4.69, 9.17) is 4.98 Å². The van der Waals surface area contributed by atoms with E-state index in [1.165, 1.54) is 0 Å². The highest BCUT2D eigenvalue weighted by Gasteiger charge is 2.18. The predicted molar refractivity (Wildman–Crippen MR) is 140 cm³/mol. The van der Waals surface area contributed by atoms with E-state index >= 15 is 0 Å². The first-order valence-electron chi connectivity index (χ1n) is 11.7. The van der Waals surface area contributed by atoms with Gasteiger partial charge < -0.3 is 10.6 Å². The molecule has 0 saturated heterocycles. The van der Waals surface area contributed by atoms with Crippen LogP contribution >= 0.6 is 0 Å². The molecule has 2 aromatic heterocycles. The molecule has 3 aromatic carbocycles. The molecule has 0 bridgehead atoms. The van der Waals surface area contributed by atoms with Gasteiger partial charge in [-0.05, 0) is 29.3 Å². The van der Waals surface area contributed by atoms with Gasteiger partial charge in [0.05, 0.1) is 29.4 Å². The van der Waals surface area contributed by atoms with Gasteiger partial charge in [-0.1, -0.05) is 72.8 Å². The third kappa shape index (κ3) is 4.86. The number of amides is 2. The molecule has 5 rings (SSSR count). The van der Waals surface area contributed by atoms with Crippen LogP contribution in [-0.4, -0.2) is 33.6 Å². The van der Waals surface area contributed by atoms with E-state index in [0.717, 1.165) is 16.7 Å². The normalized spacial score (nSPS) is 10.8. The van der Waals surface area contributed by atoms with Gasteiger partial charge >= 0.3 is 0 Å². The maximum Gasteiger partial charge on any atom is 0.252 e. The van der Waals surface area contributed by atoms with Crippen LogP contribution in [0.15, 0.2) is 97.2 Å². The second-order valence-electron chi connectivity index (χ2n) is 8.41. The highest BCUT2D eigenvalue weighted by molar-refractivity contribution is 6.06. The zero-order chi connectivity index (χ0) is 24.9. The summed E-state index contributed by atoms with van der Waals surface area (Å²) in [7, 11) is 1.59. The van der Waals surface area contributed by atoms with Crippen molar-refractivity contribution in [2.24, 2.45) is 0 Å². The van der Waals surface area contributed by atoms with Crippen molar-refractivity contribution in [1.82, 2.24) is 25.4 Å². The molecule has 7 heteroatoms. The van der Waals surface area contributed by atoms with Crippen LogP contribution in [0.1, 0.15) is 31.8 Å². The van der Waals surface area contributed by atoms with E-state index in [-0.39, 0.29) is 18.4 Å². The third-order valence-corrected chi connectivity index (χ3v) is 5.97. The SMILES string of the molecule is CNC(=O)c1cccc(CNC(=O)c2cc(-c3ccccc3)nc3c2cnn3Cc2ccccc2)c1. The quantitative estimate of drug-likeness (QED) is 0.364. The van der Waals surface area contributed by atoms with Gasteiger partial charge in [0.15, 0.2) is 5.65 Å². The smallest absolute Gasteiger partial charge is 0.252 e. The number of hydrogen-bond acceptors (Lipinski definition) is 4. The minimum atomic E-state index is -0.232. The molecular weight excluding hydrogens is 450 g/mol. The summed E-state index contributed by atoms with van der Waals surface area (Å²) >= 11 is 0. The first-order valence-corrected chi connectivity index (χ1v) is 11.7. The summed E-state index contributed by atoms with van der Waals surface area (Å²) in [6.07, 6.45) is 1.70. The lowest BCUT2D eigenvalue weighted by atomic mass is 10.1. The standard InChI is InChI=1S/C29H25N5O2/c1-30-28(35)23-14-8-11-21(15-23)17-31-29(36)24-16-26(22-12-6-3-7-13-22)33-27-25(24)18-32-34(27)19-20-9-4-2-5-10-20/h2-16,18H,17,19H2,1H3,(H,30,35)(H,31,36). The van der Waals surface area contributed by atoms with Gasteiger partial charge in [-0.25, -0.2) is 9.67 Å². The van der Waals surface area contributed by atoms with Crippen LogP contribution < -0.4 is 10.6 Å². The van der Waals surface area contributed by atoms with Gasteiger partial charge in [-0.2, -0.15) is 5.10 Å². The van der Waals surface area contributed by atoms with Crippen molar-refractivity contribution in [3.8, 4) is 11.3 Å². The molecule has 5 aromatic rings. The summed E-state index contributed by atoms with van der Waals surface area (Å²) in [4.78, 5) is 30.2. The summed E-state index contributed by atoms with van der Waals surface area (Å²) in [6, 6.07) is 28.8. The summed E-state index contributed by atoms with van der Waals surface area (Å²) in [6.45, 7) is 0.829. The number of carbonyl (C=O) groups excluding carboxylic acids is 2. The zero-order valence-electron chi connectivity index (χ0n) is 19.8. The van der Waals surface area contributed by atoms with Crippen molar-refractivity contribution < 1.29 is 9.59 Å². The number of carbonyl (C=O) groups is 2. The van der Waals surface area contributed by atoms with Crippen LogP contribution in [0.5, 0.6) is 0 Å². The fraction of sp³-hybridized carbons (Fsp3) is 0.103. The summed E-state index contributed by atoms with van der Waals surface area (Å²) in [5, 5.41) is 10.9. The molecule has 2 N–H and O–H groups in total. The minimum Gasteiger partial charge on any atom is -0.355 e. The van der Waals surface area contributed by atoms with Crippen molar-refractivity contribution >= 4 is 22.8 Å². The molecule has 0 aliphatic carbocycles. The second kappa shape index (κ2) is 10.2. The number of benzene rings is 3. The van der Waals surface area contributed by atoms with Gasteiger partial charge in [0.25, 0.3) is 11.8 Å². The number of hydrogen-bond donors (Lipinski definition) is 2. The highest BCUT2D eigenvalue weighted by atomic mass is 16.2. The van der Waals surface area contributed by atoms with Crippen LogP contribution in [-0.2, 0) is 13.1 Å². The maximum atomic E-state index is 13.4. The molecule has 36 heavy (non-hydrogen) atoms. The first kappa shape index (κ1) is 23.0. The summed E-state index contributed by atoms with van der Waals surface area (Å²) < 4.78 is 1.82. The van der Waals surface area contributed by atoms with E-state index in [1.807, 2.05) is 77.5 Å². The van der Waals surface area contributed by atoms with E-state index in [0.29, 0.717) is 34.4 Å². The molecule has 2 amide bonds. The number of fused-ring (bicyclic) bond motifs is 1. The fourth-order valence-electron chi connectivity index (χ4n) is 4.11. The van der Waals surface area contributed by atoms with Crippen molar-refractivity contribution in [2.45, 2.75) is 13.1 Å². The number of aromatic nitrogens is 3. The lowest BCUT2D eigenvalue weighted by Gasteiger charge is -2.11. The van der Waals surface area contributed by atoms with Gasteiger partial charge in [0, 0.05) is 24.7 Å². The van der Waals surface area contributed by atoms with Crippen LogP contribution in [0, 0.1) is 0 Å². The molecule has 0 atom stereocenters. The lowest BCUT2D eigenvalue weighted by molar-refractivity contribution is 0.0950. The highest BCUT2D eigenvalue weighted by Crippen LogP contribution is 2.25. The molecule has 178 valence electrons. The van der Waals surface area contributed by atoms with Crippen LogP contribution in [0.4, 0.5) is 0 Å². The molecule has 0 spiro atoms. The summed E-state index contributed by atoms with van der Waals surface area (Å²) in [5.41, 5.74) is 5.23. The number of nitrogens with one attached hydrogen (secondary N) is 2. The molecule has 7 nitrogen and oxygen atoms in total. The number of rotatable bonds is 7. The molecular formula is C29H25N5O2. The molecule has 0 unspecified atom stereocenters. The van der Waals surface area contributed by atoms with Crippen molar-refractivity contribution in [2.75, 3.05) is 7.05 Å². The van der Waals surface area contributed by atoms with Crippen molar-refractivity contribution in [3.63, 3.8) is 0 Å². The van der Waals surface area contributed by atoms with Crippen molar-refractivity contribution in [3.05, 3.63) is 119 Å². The molecule has 2 heterocycles. The Morgan fingerprint density at radius 1 is 0.833 bits per heavy atom. The molecule has 0 fully saturated rings. The molecule has 0 aliphatic heterocycles. The minimum absolute atomic E-state index is 0.169. The Hall–Kier alpha value is -4.78. The van der Waals surface area contributed by atoms with Gasteiger partial charge in [-0.15, -0.1) is 0 Å². The molecule has 0 aliphatic rings. The van der Waals surface area contributed by atoms with Crippen LogP contribution in [0.25, 0.3) is 22.3 Å². The Kier molecular flexibility index (Phi) is 6.53. The Morgan fingerprint density at radius 2 is 1.56 bits per heavy atom. The largest absolute Gasteiger partial charge is 0.355 e. The second-order valence-corrected chi connectivity index (χ2v) is 8.41. The van der Waals surface area contributed by atoms with Crippen LogP contribution in [0.2, 0.25) is 0 Å². The zero-order valence-corrected chi connectivity index (χ0v) is 19.8. The molecule has 0 saturated carbocycles. The van der Waals surface area contributed by atoms with E-state index in [2.05, 4.69) is 15.7 Å². The van der Waals surface area contributed by atoms with Gasteiger partial charge in [-0.3, -0.25) is 9.59 Å². The van der Waals surface area contributed by atoms with Crippen molar-refractivity contribution in [1.29, 1.82) is 0 Å². The fourth-order valence-corrected chi connectivity index (χ4v) is 4.11. The third-order valence-electron chi connectivity index (χ3n) is 5.97. The van der Waals surface area contributed by atoms with E-state index in [1.54, 1.807) is 31.4 Å². The predicted octanol–water partition coefficient (Wildman–Crippen LogP) is 4.44. The summed E-state index contributed by atoms with van der Waals surface area (Å²) in [5.74, 6) is -0.401. The Morgan fingerprint density at radius 3 is 2.31 bits per heavy atom. The average molecular weight is 476 g/mol. The van der Waals surface area contributed by atoms with Crippen LogP contribution in [0.3, 0.4) is 0 Å². The Balaban J connectivity index is 1.49. The lowest BCUT2D eigenvalue weighted by Crippen LogP contribution is -2.24. The average Bonchev–Trinajstić information content (AvgIpc) is 3.34.